The molecule has 134 valence electrons. The maximum Gasteiger partial charge on any atom is 0.405 e. The van der Waals surface area contributed by atoms with Crippen molar-refractivity contribution in [3.05, 3.63) is 29.3 Å². The third kappa shape index (κ3) is 4.61. The number of methoxy groups -OCH3 is 1. The number of benzene rings is 1. The highest BCUT2D eigenvalue weighted by molar-refractivity contribution is 5.95. The number of piperazine rings is 1. The Bertz CT molecular complexity index is 572. The molecule has 1 heterocycles. The van der Waals surface area contributed by atoms with E-state index in [9.17, 15) is 18.0 Å². The Morgan fingerprint density at radius 1 is 1.38 bits per heavy atom. The van der Waals surface area contributed by atoms with Crippen LogP contribution < -0.4 is 15.4 Å². The molecule has 1 amide bonds. The van der Waals surface area contributed by atoms with Crippen LogP contribution in [0.4, 0.5) is 13.2 Å². The molecule has 1 aromatic rings. The minimum absolute atomic E-state index is 0.307. The molecule has 0 aromatic heterocycles. The van der Waals surface area contributed by atoms with Crippen LogP contribution >= 0.6 is 0 Å². The summed E-state index contributed by atoms with van der Waals surface area (Å²) in [6.07, 6.45) is -4.39. The van der Waals surface area contributed by atoms with Crippen LogP contribution in [0.15, 0.2) is 18.2 Å². The Labute approximate surface area is 139 Å². The molecule has 2 rings (SSSR count). The molecule has 0 spiro atoms. The Morgan fingerprint density at radius 3 is 2.58 bits per heavy atom. The van der Waals surface area contributed by atoms with Gasteiger partial charge in [0.1, 0.15) is 11.8 Å². The van der Waals surface area contributed by atoms with E-state index in [0.717, 1.165) is 0 Å². The van der Waals surface area contributed by atoms with E-state index in [1.165, 1.54) is 12.0 Å². The van der Waals surface area contributed by atoms with E-state index in [4.69, 9.17) is 4.74 Å². The smallest absolute Gasteiger partial charge is 0.405 e. The third-order valence-corrected chi connectivity index (χ3v) is 4.10. The molecule has 8 heteroatoms. The van der Waals surface area contributed by atoms with Crippen molar-refractivity contribution in [1.82, 2.24) is 15.5 Å². The minimum Gasteiger partial charge on any atom is -0.497 e. The highest BCUT2D eigenvalue weighted by Gasteiger charge is 2.43. The van der Waals surface area contributed by atoms with E-state index in [1.807, 2.05) is 0 Å². The van der Waals surface area contributed by atoms with Gasteiger partial charge >= 0.3 is 6.18 Å². The molecule has 0 radical (unpaired) electrons. The topological polar surface area (TPSA) is 53.6 Å². The van der Waals surface area contributed by atoms with Crippen molar-refractivity contribution in [2.75, 3.05) is 39.8 Å². The standard InChI is InChI=1S/C16H22F3N3O2/c1-11-9-12(24-2)3-4-13(11)15(23)21-10-14(16(17,18)19)22-7-5-20-6-8-22/h3-4,9,14,20H,5-8,10H2,1-2H3,(H,21,23). The second kappa shape index (κ2) is 7.85. The Hall–Kier alpha value is -1.80. The van der Waals surface area contributed by atoms with Crippen molar-refractivity contribution < 1.29 is 22.7 Å². The number of carbonyl (C=O) groups is 1. The quantitative estimate of drug-likeness (QED) is 0.851. The van der Waals surface area contributed by atoms with Gasteiger partial charge in [-0.15, -0.1) is 0 Å². The Morgan fingerprint density at radius 2 is 2.04 bits per heavy atom. The van der Waals surface area contributed by atoms with E-state index in [0.29, 0.717) is 43.1 Å². The summed E-state index contributed by atoms with van der Waals surface area (Å²) in [6, 6.07) is 3.16. The molecular formula is C16H22F3N3O2. The second-order valence-corrected chi connectivity index (χ2v) is 5.73. The predicted octanol–water partition coefficient (Wildman–Crippen LogP) is 1.57. The third-order valence-electron chi connectivity index (χ3n) is 4.10. The van der Waals surface area contributed by atoms with E-state index in [2.05, 4.69) is 10.6 Å². The molecule has 2 N–H and O–H groups in total. The largest absolute Gasteiger partial charge is 0.497 e. The monoisotopic (exact) mass is 345 g/mol. The van der Waals surface area contributed by atoms with Gasteiger partial charge in [0.2, 0.25) is 0 Å². The van der Waals surface area contributed by atoms with Gasteiger partial charge < -0.3 is 15.4 Å². The van der Waals surface area contributed by atoms with Crippen LogP contribution in [0.5, 0.6) is 5.75 Å². The van der Waals surface area contributed by atoms with Gasteiger partial charge in [-0.3, -0.25) is 9.69 Å². The van der Waals surface area contributed by atoms with Gasteiger partial charge in [0.25, 0.3) is 5.91 Å². The molecule has 1 atom stereocenters. The molecule has 0 saturated carbocycles. The first-order valence-corrected chi connectivity index (χ1v) is 7.77. The first-order chi connectivity index (χ1) is 11.3. The number of hydrogen-bond acceptors (Lipinski definition) is 4. The molecule has 0 aliphatic carbocycles. The lowest BCUT2D eigenvalue weighted by molar-refractivity contribution is -0.183. The summed E-state index contributed by atoms with van der Waals surface area (Å²) in [5.74, 6) is 0.0811. The zero-order chi connectivity index (χ0) is 17.7. The summed E-state index contributed by atoms with van der Waals surface area (Å²) in [5.41, 5.74) is 0.995. The van der Waals surface area contributed by atoms with E-state index in [1.54, 1.807) is 25.1 Å². The number of amides is 1. The lowest BCUT2D eigenvalue weighted by Gasteiger charge is -2.35. The van der Waals surface area contributed by atoms with Gasteiger partial charge in [-0.1, -0.05) is 0 Å². The summed E-state index contributed by atoms with van der Waals surface area (Å²) in [5, 5.41) is 5.44. The molecule has 1 saturated heterocycles. The van der Waals surface area contributed by atoms with Crippen molar-refractivity contribution in [2.24, 2.45) is 0 Å². The summed E-state index contributed by atoms with van der Waals surface area (Å²) >= 11 is 0. The number of ether oxygens (including phenoxy) is 1. The zero-order valence-electron chi connectivity index (χ0n) is 13.7. The summed E-state index contributed by atoms with van der Waals surface area (Å²) < 4.78 is 45.0. The maximum atomic E-state index is 13.3. The number of rotatable bonds is 5. The highest BCUT2D eigenvalue weighted by Crippen LogP contribution is 2.25. The minimum atomic E-state index is -4.39. The van der Waals surface area contributed by atoms with Crippen LogP contribution in [-0.2, 0) is 0 Å². The normalized spacial score (nSPS) is 17.4. The average molecular weight is 345 g/mol. The first-order valence-electron chi connectivity index (χ1n) is 7.77. The number of nitrogens with one attached hydrogen (secondary N) is 2. The van der Waals surface area contributed by atoms with Gasteiger partial charge in [-0.05, 0) is 30.7 Å². The molecule has 1 unspecified atom stereocenters. The van der Waals surface area contributed by atoms with Crippen LogP contribution in [0.1, 0.15) is 15.9 Å². The fraction of sp³-hybridized carbons (Fsp3) is 0.562. The van der Waals surface area contributed by atoms with Gasteiger partial charge in [0.15, 0.2) is 0 Å². The number of carbonyl (C=O) groups excluding carboxylic acids is 1. The number of aryl methyl sites for hydroxylation is 1. The fourth-order valence-electron chi connectivity index (χ4n) is 2.75. The molecule has 1 aliphatic rings. The summed E-state index contributed by atoms with van der Waals surface area (Å²) in [7, 11) is 1.51. The van der Waals surface area contributed by atoms with Crippen molar-refractivity contribution in [1.29, 1.82) is 0 Å². The summed E-state index contributed by atoms with van der Waals surface area (Å²) in [4.78, 5) is 13.6. The van der Waals surface area contributed by atoms with E-state index in [-0.39, 0.29) is 0 Å². The number of halogens is 3. The van der Waals surface area contributed by atoms with Crippen LogP contribution in [-0.4, -0.2) is 62.9 Å². The van der Waals surface area contributed by atoms with Crippen LogP contribution in [0, 0.1) is 6.92 Å². The Kier molecular flexibility index (Phi) is 6.06. The van der Waals surface area contributed by atoms with Crippen molar-refractivity contribution in [3.63, 3.8) is 0 Å². The predicted molar refractivity (Wildman–Crippen MR) is 84.3 cm³/mol. The molecule has 1 fully saturated rings. The van der Waals surface area contributed by atoms with Gasteiger partial charge in [-0.2, -0.15) is 13.2 Å². The fourth-order valence-corrected chi connectivity index (χ4v) is 2.75. The first kappa shape index (κ1) is 18.5. The van der Waals surface area contributed by atoms with Crippen LogP contribution in [0.2, 0.25) is 0 Å². The SMILES string of the molecule is COc1ccc(C(=O)NCC(N2CCNCC2)C(F)(F)F)c(C)c1. The second-order valence-electron chi connectivity index (χ2n) is 5.73. The number of hydrogen-bond donors (Lipinski definition) is 2. The lowest BCUT2D eigenvalue weighted by atomic mass is 10.1. The average Bonchev–Trinajstić information content (AvgIpc) is 2.54. The van der Waals surface area contributed by atoms with E-state index < -0.39 is 24.7 Å². The molecule has 24 heavy (non-hydrogen) atoms. The van der Waals surface area contributed by atoms with Gasteiger partial charge in [0.05, 0.1) is 7.11 Å². The van der Waals surface area contributed by atoms with Crippen molar-refractivity contribution in [3.8, 4) is 5.75 Å². The molecule has 1 aliphatic heterocycles. The molecule has 1 aromatic carbocycles. The highest BCUT2D eigenvalue weighted by atomic mass is 19.4. The van der Waals surface area contributed by atoms with Crippen molar-refractivity contribution >= 4 is 5.91 Å². The zero-order valence-corrected chi connectivity index (χ0v) is 13.7. The number of alkyl halides is 3. The molecular weight excluding hydrogens is 323 g/mol. The lowest BCUT2D eigenvalue weighted by Crippen LogP contribution is -2.57. The maximum absolute atomic E-state index is 13.3. The van der Waals surface area contributed by atoms with Crippen molar-refractivity contribution in [2.45, 2.75) is 19.1 Å². The van der Waals surface area contributed by atoms with Gasteiger partial charge in [0, 0.05) is 38.3 Å². The Balaban J connectivity index is 2.04. The van der Waals surface area contributed by atoms with Crippen LogP contribution in [0.3, 0.4) is 0 Å². The van der Waals surface area contributed by atoms with Crippen LogP contribution in [0.25, 0.3) is 0 Å². The molecule has 0 bridgehead atoms. The van der Waals surface area contributed by atoms with E-state index >= 15 is 0 Å². The molecule has 5 nitrogen and oxygen atoms in total. The number of nitrogens with zero attached hydrogens (tertiary/aromatic N) is 1. The summed E-state index contributed by atoms with van der Waals surface area (Å²) in [6.45, 7) is 2.89. The van der Waals surface area contributed by atoms with Gasteiger partial charge in [-0.25, -0.2) is 0 Å².